The third-order valence-corrected chi connectivity index (χ3v) is 3.42. The molecule has 1 heterocycles. The van der Waals surface area contributed by atoms with Gasteiger partial charge in [0.15, 0.2) is 0 Å². The molecule has 5 nitrogen and oxygen atoms in total. The van der Waals surface area contributed by atoms with Crippen LogP contribution in [-0.4, -0.2) is 49.8 Å². The summed E-state index contributed by atoms with van der Waals surface area (Å²) in [6.45, 7) is 6.85. The Morgan fingerprint density at radius 2 is 2.15 bits per heavy atom. The predicted octanol–water partition coefficient (Wildman–Crippen LogP) is 0.868. The van der Waals surface area contributed by atoms with E-state index < -0.39 is 0 Å². The van der Waals surface area contributed by atoms with E-state index in [1.54, 1.807) is 0 Å². The van der Waals surface area contributed by atoms with Crippen molar-refractivity contribution in [3.8, 4) is 5.75 Å². The first-order chi connectivity index (χ1) is 9.56. The fourth-order valence-electron chi connectivity index (χ4n) is 2.45. The summed E-state index contributed by atoms with van der Waals surface area (Å²) in [4.78, 5) is 13.0. The number of carbonyl (C=O) groups is 1. The predicted molar refractivity (Wildman–Crippen MR) is 76.8 cm³/mol. The molecule has 0 radical (unpaired) electrons. The second kappa shape index (κ2) is 6.72. The molecule has 1 amide bonds. The topological polar surface area (TPSA) is 64.8 Å². The zero-order valence-corrected chi connectivity index (χ0v) is 12.1. The number of primary amides is 1. The largest absolute Gasteiger partial charge is 0.490 e. The van der Waals surface area contributed by atoms with Crippen molar-refractivity contribution in [2.45, 2.75) is 20.0 Å². The van der Waals surface area contributed by atoms with Crippen LogP contribution < -0.4 is 10.5 Å². The van der Waals surface area contributed by atoms with Gasteiger partial charge in [0.1, 0.15) is 18.5 Å². The smallest absolute Gasteiger partial charge is 0.231 e. The molecule has 2 rings (SSSR count). The molecule has 0 bridgehead atoms. The molecule has 0 aromatic heterocycles. The van der Waals surface area contributed by atoms with Crippen molar-refractivity contribution in [2.75, 3.05) is 32.8 Å². The molecular weight excluding hydrogens is 256 g/mol. The molecule has 2 N–H and O–H groups in total. The molecule has 0 saturated carbocycles. The van der Waals surface area contributed by atoms with Crippen molar-refractivity contribution < 1.29 is 14.3 Å². The van der Waals surface area contributed by atoms with Crippen LogP contribution in [0.2, 0.25) is 0 Å². The van der Waals surface area contributed by atoms with Gasteiger partial charge in [-0.15, -0.1) is 0 Å². The highest BCUT2D eigenvalue weighted by Crippen LogP contribution is 2.22. The van der Waals surface area contributed by atoms with Gasteiger partial charge in [0, 0.05) is 13.1 Å². The van der Waals surface area contributed by atoms with Crippen LogP contribution in [-0.2, 0) is 9.53 Å². The van der Waals surface area contributed by atoms with E-state index in [0.717, 1.165) is 23.4 Å². The zero-order valence-electron chi connectivity index (χ0n) is 12.1. The molecule has 1 fully saturated rings. The molecule has 1 aromatic rings. The van der Waals surface area contributed by atoms with Gasteiger partial charge in [-0.25, -0.2) is 0 Å². The standard InChI is InChI=1S/C15H22N2O3/c1-11-4-3-5-12(2)15(11)20-10-13-8-17(6-7-19-13)9-14(16)18/h3-5,13H,6-10H2,1-2H3,(H2,16,18). The van der Waals surface area contributed by atoms with Crippen LogP contribution >= 0.6 is 0 Å². The number of nitrogens with two attached hydrogens (primary N) is 1. The number of nitrogens with zero attached hydrogens (tertiary/aromatic N) is 1. The molecule has 1 atom stereocenters. The molecular formula is C15H22N2O3. The van der Waals surface area contributed by atoms with Gasteiger partial charge in [-0.2, -0.15) is 0 Å². The van der Waals surface area contributed by atoms with E-state index in [1.807, 2.05) is 36.9 Å². The van der Waals surface area contributed by atoms with Crippen LogP contribution in [0.5, 0.6) is 5.75 Å². The van der Waals surface area contributed by atoms with Gasteiger partial charge in [0.2, 0.25) is 5.91 Å². The number of morpholine rings is 1. The molecule has 1 saturated heterocycles. The summed E-state index contributed by atoms with van der Waals surface area (Å²) in [7, 11) is 0. The highest BCUT2D eigenvalue weighted by Gasteiger charge is 2.22. The normalized spacial score (nSPS) is 19.8. The van der Waals surface area contributed by atoms with Gasteiger partial charge in [0.05, 0.1) is 13.2 Å². The lowest BCUT2D eigenvalue weighted by atomic mass is 10.1. The van der Waals surface area contributed by atoms with E-state index in [2.05, 4.69) is 0 Å². The Hall–Kier alpha value is -1.59. The molecule has 0 spiro atoms. The van der Waals surface area contributed by atoms with Crippen molar-refractivity contribution >= 4 is 5.91 Å². The number of para-hydroxylation sites is 1. The Bertz CT molecular complexity index is 456. The monoisotopic (exact) mass is 278 g/mol. The van der Waals surface area contributed by atoms with Crippen molar-refractivity contribution in [3.05, 3.63) is 29.3 Å². The first-order valence-electron chi connectivity index (χ1n) is 6.87. The van der Waals surface area contributed by atoms with Gasteiger partial charge in [-0.3, -0.25) is 9.69 Å². The Labute approximate surface area is 119 Å². The Morgan fingerprint density at radius 1 is 1.45 bits per heavy atom. The van der Waals surface area contributed by atoms with E-state index in [1.165, 1.54) is 0 Å². The number of carbonyl (C=O) groups excluding carboxylic acids is 1. The maximum atomic E-state index is 11.0. The second-order valence-corrected chi connectivity index (χ2v) is 5.23. The number of rotatable bonds is 5. The molecule has 1 aliphatic heterocycles. The third-order valence-electron chi connectivity index (χ3n) is 3.42. The lowest BCUT2D eigenvalue weighted by Crippen LogP contribution is -2.47. The Balaban J connectivity index is 1.89. The Kier molecular flexibility index (Phi) is 4.98. The maximum absolute atomic E-state index is 11.0. The number of amides is 1. The SMILES string of the molecule is Cc1cccc(C)c1OCC1CN(CC(N)=O)CCO1. The molecule has 1 unspecified atom stereocenters. The number of aryl methyl sites for hydroxylation is 2. The quantitative estimate of drug-likeness (QED) is 0.868. The zero-order chi connectivity index (χ0) is 14.5. The average molecular weight is 278 g/mol. The van der Waals surface area contributed by atoms with E-state index >= 15 is 0 Å². The number of hydrogen-bond donors (Lipinski definition) is 1. The molecule has 0 aliphatic carbocycles. The lowest BCUT2D eigenvalue weighted by molar-refractivity contribution is -0.121. The maximum Gasteiger partial charge on any atom is 0.231 e. The highest BCUT2D eigenvalue weighted by molar-refractivity contribution is 5.75. The average Bonchev–Trinajstić information content (AvgIpc) is 2.38. The number of ether oxygens (including phenoxy) is 2. The van der Waals surface area contributed by atoms with Crippen molar-refractivity contribution in [3.63, 3.8) is 0 Å². The van der Waals surface area contributed by atoms with Crippen LogP contribution in [0, 0.1) is 13.8 Å². The van der Waals surface area contributed by atoms with Gasteiger partial charge < -0.3 is 15.2 Å². The van der Waals surface area contributed by atoms with Crippen LogP contribution in [0.3, 0.4) is 0 Å². The summed E-state index contributed by atoms with van der Waals surface area (Å²) < 4.78 is 11.6. The minimum Gasteiger partial charge on any atom is -0.490 e. The summed E-state index contributed by atoms with van der Waals surface area (Å²) in [6, 6.07) is 6.08. The Morgan fingerprint density at radius 3 is 2.80 bits per heavy atom. The molecule has 20 heavy (non-hydrogen) atoms. The summed E-state index contributed by atoms with van der Waals surface area (Å²) in [5.41, 5.74) is 7.46. The second-order valence-electron chi connectivity index (χ2n) is 5.23. The van der Waals surface area contributed by atoms with Crippen LogP contribution in [0.15, 0.2) is 18.2 Å². The van der Waals surface area contributed by atoms with E-state index in [0.29, 0.717) is 19.8 Å². The van der Waals surface area contributed by atoms with Crippen molar-refractivity contribution in [1.82, 2.24) is 4.90 Å². The third kappa shape index (κ3) is 3.95. The van der Waals surface area contributed by atoms with Crippen LogP contribution in [0.25, 0.3) is 0 Å². The van der Waals surface area contributed by atoms with E-state index in [-0.39, 0.29) is 18.6 Å². The van der Waals surface area contributed by atoms with Gasteiger partial charge in [-0.05, 0) is 25.0 Å². The lowest BCUT2D eigenvalue weighted by Gasteiger charge is -2.32. The summed E-state index contributed by atoms with van der Waals surface area (Å²) in [6.07, 6.45) is -0.0258. The minimum atomic E-state index is -0.304. The fraction of sp³-hybridized carbons (Fsp3) is 0.533. The van der Waals surface area contributed by atoms with E-state index in [9.17, 15) is 4.79 Å². The van der Waals surface area contributed by atoms with E-state index in [4.69, 9.17) is 15.2 Å². The summed E-state index contributed by atoms with van der Waals surface area (Å²) >= 11 is 0. The van der Waals surface area contributed by atoms with Crippen molar-refractivity contribution in [1.29, 1.82) is 0 Å². The van der Waals surface area contributed by atoms with Gasteiger partial charge >= 0.3 is 0 Å². The van der Waals surface area contributed by atoms with Crippen molar-refractivity contribution in [2.24, 2.45) is 5.73 Å². The minimum absolute atomic E-state index is 0.0258. The van der Waals surface area contributed by atoms with Crippen LogP contribution in [0.1, 0.15) is 11.1 Å². The number of benzene rings is 1. The first kappa shape index (κ1) is 14.8. The molecule has 110 valence electrons. The fourth-order valence-corrected chi connectivity index (χ4v) is 2.45. The number of hydrogen-bond acceptors (Lipinski definition) is 4. The molecule has 1 aliphatic rings. The van der Waals surface area contributed by atoms with Gasteiger partial charge in [-0.1, -0.05) is 18.2 Å². The summed E-state index contributed by atoms with van der Waals surface area (Å²) in [5.74, 6) is 0.615. The first-order valence-corrected chi connectivity index (χ1v) is 6.87. The van der Waals surface area contributed by atoms with Gasteiger partial charge in [0.25, 0.3) is 0 Å². The summed E-state index contributed by atoms with van der Waals surface area (Å²) in [5, 5.41) is 0. The molecule has 5 heteroatoms. The molecule has 1 aromatic carbocycles. The van der Waals surface area contributed by atoms with Crippen LogP contribution in [0.4, 0.5) is 0 Å². The highest BCUT2D eigenvalue weighted by atomic mass is 16.5.